The van der Waals surface area contributed by atoms with Gasteiger partial charge in [0.25, 0.3) is 0 Å². The van der Waals surface area contributed by atoms with E-state index in [-0.39, 0.29) is 11.8 Å². The number of hydrogen-bond donors (Lipinski definition) is 2. The second-order valence-electron chi connectivity index (χ2n) is 4.81. The predicted molar refractivity (Wildman–Crippen MR) is 76.2 cm³/mol. The second-order valence-corrected chi connectivity index (χ2v) is 4.81. The molecule has 5 nitrogen and oxygen atoms in total. The van der Waals surface area contributed by atoms with Crippen molar-refractivity contribution >= 4 is 17.3 Å². The van der Waals surface area contributed by atoms with Gasteiger partial charge >= 0.3 is 0 Å². The molecule has 0 radical (unpaired) electrons. The zero-order chi connectivity index (χ0) is 13.8. The minimum absolute atomic E-state index is 0.0936. The van der Waals surface area contributed by atoms with Crippen LogP contribution in [0.4, 0.5) is 11.4 Å². The topological polar surface area (TPSA) is 81.6 Å². The quantitative estimate of drug-likeness (QED) is 0.804. The first-order chi connectivity index (χ1) is 9.13. The lowest BCUT2D eigenvalue weighted by molar-refractivity contribution is -0.122. The molecule has 1 saturated heterocycles. The van der Waals surface area contributed by atoms with Crippen molar-refractivity contribution in [1.29, 1.82) is 0 Å². The molecule has 1 amide bonds. The van der Waals surface area contributed by atoms with E-state index < -0.39 is 0 Å². The zero-order valence-electron chi connectivity index (χ0n) is 11.3. The van der Waals surface area contributed by atoms with E-state index in [2.05, 4.69) is 4.90 Å². The van der Waals surface area contributed by atoms with Gasteiger partial charge in [0.15, 0.2) is 0 Å². The predicted octanol–water partition coefficient (Wildman–Crippen LogP) is 1.37. The number of carbonyl (C=O) groups excluding carboxylic acids is 1. The molecule has 19 heavy (non-hydrogen) atoms. The van der Waals surface area contributed by atoms with E-state index in [0.29, 0.717) is 24.6 Å². The summed E-state index contributed by atoms with van der Waals surface area (Å²) in [6, 6.07) is 5.74. The number of carbonyl (C=O) groups is 1. The van der Waals surface area contributed by atoms with Gasteiger partial charge in [-0.15, -0.1) is 0 Å². The highest BCUT2D eigenvalue weighted by Crippen LogP contribution is 2.34. The third kappa shape index (κ3) is 2.92. The van der Waals surface area contributed by atoms with Gasteiger partial charge in [-0.1, -0.05) is 6.07 Å². The van der Waals surface area contributed by atoms with Crippen LogP contribution in [0.3, 0.4) is 0 Å². The molecule has 0 aliphatic carbocycles. The van der Waals surface area contributed by atoms with Crippen molar-refractivity contribution in [2.45, 2.75) is 19.8 Å². The van der Waals surface area contributed by atoms with Crippen LogP contribution in [0.15, 0.2) is 18.2 Å². The molecule has 0 aromatic heterocycles. The molecule has 0 saturated carbocycles. The Morgan fingerprint density at radius 3 is 3.00 bits per heavy atom. The lowest BCUT2D eigenvalue weighted by atomic mass is 9.97. The minimum atomic E-state index is -0.232. The first kappa shape index (κ1) is 13.5. The number of nitrogen functional groups attached to an aromatic ring is 1. The first-order valence-corrected chi connectivity index (χ1v) is 6.69. The van der Waals surface area contributed by atoms with Gasteiger partial charge in [-0.3, -0.25) is 4.79 Å². The summed E-state index contributed by atoms with van der Waals surface area (Å²) in [5, 5.41) is 0. The average Bonchev–Trinajstić information content (AvgIpc) is 2.41. The van der Waals surface area contributed by atoms with Crippen LogP contribution in [0.5, 0.6) is 5.75 Å². The summed E-state index contributed by atoms with van der Waals surface area (Å²) >= 11 is 0. The Morgan fingerprint density at radius 1 is 1.53 bits per heavy atom. The van der Waals surface area contributed by atoms with Crippen LogP contribution in [0.25, 0.3) is 0 Å². The average molecular weight is 263 g/mol. The molecule has 1 atom stereocenters. The highest BCUT2D eigenvalue weighted by Gasteiger charge is 2.25. The minimum Gasteiger partial charge on any atom is -0.492 e. The first-order valence-electron chi connectivity index (χ1n) is 6.69. The maximum Gasteiger partial charge on any atom is 0.222 e. The molecule has 1 fully saturated rings. The number of piperidine rings is 1. The van der Waals surface area contributed by atoms with Crippen LogP contribution < -0.4 is 21.1 Å². The molecule has 5 heteroatoms. The van der Waals surface area contributed by atoms with Crippen molar-refractivity contribution in [2.75, 3.05) is 30.3 Å². The number of nitrogens with zero attached hydrogens (tertiary/aromatic N) is 1. The molecule has 4 N–H and O–H groups in total. The molecular weight excluding hydrogens is 242 g/mol. The molecule has 1 unspecified atom stereocenters. The van der Waals surface area contributed by atoms with Crippen molar-refractivity contribution in [3.8, 4) is 5.75 Å². The van der Waals surface area contributed by atoms with Crippen LogP contribution >= 0.6 is 0 Å². The van der Waals surface area contributed by atoms with Gasteiger partial charge in [0.1, 0.15) is 5.75 Å². The lowest BCUT2D eigenvalue weighted by Gasteiger charge is -2.34. The summed E-state index contributed by atoms with van der Waals surface area (Å²) in [5.74, 6) is 0.370. The van der Waals surface area contributed by atoms with E-state index in [1.807, 2.05) is 25.1 Å². The number of hydrogen-bond acceptors (Lipinski definition) is 4. The van der Waals surface area contributed by atoms with Crippen LogP contribution in [-0.2, 0) is 4.79 Å². The number of nitrogens with two attached hydrogens (primary N) is 2. The van der Waals surface area contributed by atoms with Gasteiger partial charge in [0.05, 0.1) is 23.9 Å². The van der Waals surface area contributed by atoms with E-state index >= 15 is 0 Å². The van der Waals surface area contributed by atoms with E-state index in [0.717, 1.165) is 25.1 Å². The van der Waals surface area contributed by atoms with E-state index in [1.54, 1.807) is 0 Å². The number of rotatable bonds is 4. The second kappa shape index (κ2) is 5.82. The molecule has 2 rings (SSSR count). The van der Waals surface area contributed by atoms with Gasteiger partial charge in [-0.2, -0.15) is 0 Å². The molecule has 1 aromatic rings. The third-order valence-corrected chi connectivity index (χ3v) is 3.51. The van der Waals surface area contributed by atoms with E-state index in [1.165, 1.54) is 0 Å². The van der Waals surface area contributed by atoms with Crippen molar-refractivity contribution in [3.05, 3.63) is 18.2 Å². The normalized spacial score (nSPS) is 19.2. The molecule has 1 aliphatic rings. The third-order valence-electron chi connectivity index (χ3n) is 3.51. The van der Waals surface area contributed by atoms with Gasteiger partial charge in [0.2, 0.25) is 5.91 Å². The smallest absolute Gasteiger partial charge is 0.222 e. The van der Waals surface area contributed by atoms with Crippen LogP contribution in [0, 0.1) is 5.92 Å². The van der Waals surface area contributed by atoms with Crippen molar-refractivity contribution in [2.24, 2.45) is 11.7 Å². The summed E-state index contributed by atoms with van der Waals surface area (Å²) in [6.45, 7) is 4.03. The maximum atomic E-state index is 11.3. The summed E-state index contributed by atoms with van der Waals surface area (Å²) < 4.78 is 5.50. The number of ether oxygens (including phenoxy) is 1. The molecular formula is C14H21N3O2. The lowest BCUT2D eigenvalue weighted by Crippen LogP contribution is -2.41. The maximum absolute atomic E-state index is 11.3. The Morgan fingerprint density at radius 2 is 2.32 bits per heavy atom. The van der Waals surface area contributed by atoms with Crippen LogP contribution in [0.2, 0.25) is 0 Å². The fourth-order valence-corrected chi connectivity index (χ4v) is 2.52. The number of amides is 1. The molecule has 0 spiro atoms. The Hall–Kier alpha value is -1.91. The summed E-state index contributed by atoms with van der Waals surface area (Å²) in [4.78, 5) is 13.4. The van der Waals surface area contributed by atoms with Gasteiger partial charge in [-0.05, 0) is 31.9 Å². The Labute approximate surface area is 113 Å². The molecule has 1 aliphatic heterocycles. The van der Waals surface area contributed by atoms with E-state index in [9.17, 15) is 4.79 Å². The molecule has 0 bridgehead atoms. The van der Waals surface area contributed by atoms with Crippen LogP contribution in [-0.4, -0.2) is 25.6 Å². The van der Waals surface area contributed by atoms with Gasteiger partial charge in [0, 0.05) is 13.1 Å². The fourth-order valence-electron chi connectivity index (χ4n) is 2.52. The summed E-state index contributed by atoms with van der Waals surface area (Å²) in [6.07, 6.45) is 1.81. The summed E-state index contributed by atoms with van der Waals surface area (Å²) in [7, 11) is 0. The van der Waals surface area contributed by atoms with Crippen molar-refractivity contribution < 1.29 is 9.53 Å². The highest BCUT2D eigenvalue weighted by atomic mass is 16.5. The van der Waals surface area contributed by atoms with E-state index in [4.69, 9.17) is 16.2 Å². The fraction of sp³-hybridized carbons (Fsp3) is 0.500. The Bertz CT molecular complexity index is 462. The van der Waals surface area contributed by atoms with Crippen molar-refractivity contribution in [3.63, 3.8) is 0 Å². The largest absolute Gasteiger partial charge is 0.492 e. The standard InChI is InChI=1S/C14H21N3O2/c1-2-19-12-7-3-6-11(13(12)15)17-8-4-5-10(9-17)14(16)18/h3,6-7,10H,2,4-5,8-9,15H2,1H3,(H2,16,18). The highest BCUT2D eigenvalue weighted by molar-refractivity contribution is 5.79. The van der Waals surface area contributed by atoms with Gasteiger partial charge in [-0.25, -0.2) is 0 Å². The summed E-state index contributed by atoms with van der Waals surface area (Å²) in [5.41, 5.74) is 13.1. The zero-order valence-corrected chi connectivity index (χ0v) is 11.3. The number of benzene rings is 1. The monoisotopic (exact) mass is 263 g/mol. The Balaban J connectivity index is 2.21. The number of anilines is 2. The molecule has 104 valence electrons. The van der Waals surface area contributed by atoms with Crippen molar-refractivity contribution in [1.82, 2.24) is 0 Å². The number of para-hydroxylation sites is 1. The number of primary amides is 1. The van der Waals surface area contributed by atoms with Crippen LogP contribution in [0.1, 0.15) is 19.8 Å². The van der Waals surface area contributed by atoms with Gasteiger partial charge < -0.3 is 21.1 Å². The molecule has 1 heterocycles. The SMILES string of the molecule is CCOc1cccc(N2CCCC(C(N)=O)C2)c1N. The Kier molecular flexibility index (Phi) is 4.14. The molecule has 1 aromatic carbocycles.